The zero-order chi connectivity index (χ0) is 7.56. The van der Waals surface area contributed by atoms with Crippen LogP contribution in [0.4, 0.5) is 0 Å². The van der Waals surface area contributed by atoms with Gasteiger partial charge in [-0.05, 0) is 12.3 Å². The maximum atomic E-state index is 10.8. The molecule has 0 aromatic heterocycles. The number of nitrogens with two attached hydrogens (primary N) is 1. The van der Waals surface area contributed by atoms with Crippen LogP contribution in [0.5, 0.6) is 0 Å². The SMILES string of the molecule is C#CC(=O)[C@H]1OCC[C@H]1N. The molecule has 1 rings (SSSR count). The zero-order valence-electron chi connectivity index (χ0n) is 5.54. The monoisotopic (exact) mass is 139 g/mol. The molecule has 0 aromatic carbocycles. The number of terminal acetylenes is 1. The highest BCUT2D eigenvalue weighted by Crippen LogP contribution is 2.11. The average Bonchev–Trinajstić information content (AvgIpc) is 2.34. The first-order valence-corrected chi connectivity index (χ1v) is 3.13. The largest absolute Gasteiger partial charge is 0.368 e. The molecule has 0 aromatic rings. The number of rotatable bonds is 1. The molecule has 0 radical (unpaired) electrons. The molecule has 2 N–H and O–H groups in total. The van der Waals surface area contributed by atoms with Gasteiger partial charge in [0.05, 0.1) is 0 Å². The zero-order valence-corrected chi connectivity index (χ0v) is 5.54. The Morgan fingerprint density at radius 1 is 1.80 bits per heavy atom. The van der Waals surface area contributed by atoms with Crippen LogP contribution in [0.3, 0.4) is 0 Å². The summed E-state index contributed by atoms with van der Waals surface area (Å²) >= 11 is 0. The van der Waals surface area contributed by atoms with Crippen LogP contribution in [0.1, 0.15) is 6.42 Å². The van der Waals surface area contributed by atoms with Crippen LogP contribution in [0, 0.1) is 12.3 Å². The second kappa shape index (κ2) is 2.82. The van der Waals surface area contributed by atoms with Gasteiger partial charge < -0.3 is 10.5 Å². The molecule has 1 aliphatic rings. The number of carbonyl (C=O) groups is 1. The van der Waals surface area contributed by atoms with Gasteiger partial charge in [-0.1, -0.05) is 0 Å². The Hall–Kier alpha value is -0.850. The molecule has 3 heteroatoms. The van der Waals surface area contributed by atoms with Gasteiger partial charge in [0, 0.05) is 12.6 Å². The molecule has 0 aliphatic carbocycles. The van der Waals surface area contributed by atoms with Crippen LogP contribution in [-0.4, -0.2) is 24.5 Å². The molecule has 0 bridgehead atoms. The fourth-order valence-corrected chi connectivity index (χ4v) is 0.958. The summed E-state index contributed by atoms with van der Waals surface area (Å²) < 4.78 is 5.00. The van der Waals surface area contributed by atoms with Gasteiger partial charge in [-0.25, -0.2) is 0 Å². The maximum absolute atomic E-state index is 10.8. The van der Waals surface area contributed by atoms with Crippen molar-refractivity contribution in [1.82, 2.24) is 0 Å². The number of hydrogen-bond donors (Lipinski definition) is 1. The molecule has 10 heavy (non-hydrogen) atoms. The molecule has 54 valence electrons. The molecule has 0 saturated carbocycles. The third-order valence-corrected chi connectivity index (χ3v) is 1.54. The van der Waals surface area contributed by atoms with Crippen molar-refractivity contribution in [3.05, 3.63) is 0 Å². The van der Waals surface area contributed by atoms with Gasteiger partial charge in [0.2, 0.25) is 5.78 Å². The van der Waals surface area contributed by atoms with E-state index in [-0.39, 0.29) is 11.8 Å². The summed E-state index contributed by atoms with van der Waals surface area (Å²) in [6.45, 7) is 0.541. The van der Waals surface area contributed by atoms with Crippen LogP contribution >= 0.6 is 0 Å². The molecule has 0 spiro atoms. The first kappa shape index (κ1) is 7.26. The molecule has 1 saturated heterocycles. The van der Waals surface area contributed by atoms with E-state index in [9.17, 15) is 4.79 Å². The minimum absolute atomic E-state index is 0.205. The molecule has 3 nitrogen and oxygen atoms in total. The summed E-state index contributed by atoms with van der Waals surface area (Å²) in [7, 11) is 0. The van der Waals surface area contributed by atoms with Crippen LogP contribution in [0.15, 0.2) is 0 Å². The highest BCUT2D eigenvalue weighted by molar-refractivity contribution is 5.99. The van der Waals surface area contributed by atoms with Gasteiger partial charge >= 0.3 is 0 Å². The lowest BCUT2D eigenvalue weighted by atomic mass is 10.1. The standard InChI is InChI=1S/C7H9NO2/c1-2-6(9)7-5(8)3-4-10-7/h1,5,7H,3-4,8H2/t5-,7+/m1/s1. The first-order valence-electron chi connectivity index (χ1n) is 3.13. The topological polar surface area (TPSA) is 52.3 Å². The normalized spacial score (nSPS) is 31.6. The van der Waals surface area contributed by atoms with E-state index in [1.807, 2.05) is 5.92 Å². The van der Waals surface area contributed by atoms with Crippen LogP contribution in [-0.2, 0) is 9.53 Å². The molecule has 2 atom stereocenters. The highest BCUT2D eigenvalue weighted by Gasteiger charge is 2.29. The average molecular weight is 139 g/mol. The summed E-state index contributed by atoms with van der Waals surface area (Å²) in [6.07, 6.45) is 5.05. The fourth-order valence-electron chi connectivity index (χ4n) is 0.958. The Bertz CT molecular complexity index is 183. The van der Waals surface area contributed by atoms with E-state index < -0.39 is 6.10 Å². The predicted octanol–water partition coefficient (Wildman–Crippen LogP) is -0.695. The first-order chi connectivity index (χ1) is 4.75. The van der Waals surface area contributed by atoms with Gasteiger partial charge in [-0.15, -0.1) is 6.42 Å². The van der Waals surface area contributed by atoms with Crippen LogP contribution in [0.2, 0.25) is 0 Å². The van der Waals surface area contributed by atoms with E-state index in [0.717, 1.165) is 6.42 Å². The second-order valence-electron chi connectivity index (χ2n) is 2.25. The lowest BCUT2D eigenvalue weighted by molar-refractivity contribution is -0.122. The van der Waals surface area contributed by atoms with E-state index in [1.165, 1.54) is 0 Å². The number of hydrogen-bond acceptors (Lipinski definition) is 3. The van der Waals surface area contributed by atoms with Crippen molar-refractivity contribution in [2.75, 3.05) is 6.61 Å². The Balaban J connectivity index is 2.57. The smallest absolute Gasteiger partial charge is 0.235 e. The molecule has 0 amide bonds. The van der Waals surface area contributed by atoms with Gasteiger partial charge in [-0.3, -0.25) is 4.79 Å². The predicted molar refractivity (Wildman–Crippen MR) is 36.2 cm³/mol. The van der Waals surface area contributed by atoms with Crippen LogP contribution in [0.25, 0.3) is 0 Å². The Morgan fingerprint density at radius 3 is 2.90 bits per heavy atom. The molecule has 1 fully saturated rings. The minimum atomic E-state index is -0.551. The maximum Gasteiger partial charge on any atom is 0.235 e. The van der Waals surface area contributed by atoms with Crippen molar-refractivity contribution in [2.24, 2.45) is 5.73 Å². The van der Waals surface area contributed by atoms with Crippen molar-refractivity contribution in [3.8, 4) is 12.3 Å². The van der Waals surface area contributed by atoms with Crippen molar-refractivity contribution in [2.45, 2.75) is 18.6 Å². The van der Waals surface area contributed by atoms with Crippen LogP contribution < -0.4 is 5.73 Å². The Labute approximate surface area is 59.5 Å². The summed E-state index contributed by atoms with van der Waals surface area (Å²) in [5.41, 5.74) is 5.51. The third kappa shape index (κ3) is 1.18. The molecular weight excluding hydrogens is 130 g/mol. The van der Waals surface area contributed by atoms with Gasteiger partial charge in [0.25, 0.3) is 0 Å². The summed E-state index contributed by atoms with van der Waals surface area (Å²) in [5.74, 6) is 1.65. The second-order valence-corrected chi connectivity index (χ2v) is 2.25. The van der Waals surface area contributed by atoms with E-state index in [2.05, 4.69) is 0 Å². The van der Waals surface area contributed by atoms with Gasteiger partial charge in [-0.2, -0.15) is 0 Å². The van der Waals surface area contributed by atoms with Crippen molar-refractivity contribution < 1.29 is 9.53 Å². The van der Waals surface area contributed by atoms with E-state index >= 15 is 0 Å². The summed E-state index contributed by atoms with van der Waals surface area (Å²) in [6, 6.07) is -0.205. The Kier molecular flexibility index (Phi) is 2.05. The van der Waals surface area contributed by atoms with Crippen molar-refractivity contribution in [3.63, 3.8) is 0 Å². The Morgan fingerprint density at radius 2 is 2.50 bits per heavy atom. The summed E-state index contributed by atoms with van der Waals surface area (Å²) in [5, 5.41) is 0. The van der Waals surface area contributed by atoms with E-state index in [0.29, 0.717) is 6.61 Å². The van der Waals surface area contributed by atoms with E-state index in [1.54, 1.807) is 0 Å². The quantitative estimate of drug-likeness (QED) is 0.386. The number of carbonyl (C=O) groups excluding carboxylic acids is 1. The minimum Gasteiger partial charge on any atom is -0.368 e. The van der Waals surface area contributed by atoms with Crippen molar-refractivity contribution >= 4 is 5.78 Å². The lowest BCUT2D eigenvalue weighted by Gasteiger charge is -2.07. The molecule has 1 heterocycles. The number of ketones is 1. The molecule has 0 unspecified atom stereocenters. The van der Waals surface area contributed by atoms with Gasteiger partial charge in [0.1, 0.15) is 6.10 Å². The van der Waals surface area contributed by atoms with Gasteiger partial charge in [0.15, 0.2) is 0 Å². The molecular formula is C7H9NO2. The molecule has 1 aliphatic heterocycles. The summed E-state index contributed by atoms with van der Waals surface area (Å²) in [4.78, 5) is 10.8. The lowest BCUT2D eigenvalue weighted by Crippen LogP contribution is -2.35. The van der Waals surface area contributed by atoms with Crippen molar-refractivity contribution in [1.29, 1.82) is 0 Å². The number of ether oxygens (including phenoxy) is 1. The fraction of sp³-hybridized carbons (Fsp3) is 0.571. The highest BCUT2D eigenvalue weighted by atomic mass is 16.5. The number of Topliss-reactive ketones (excluding diaryl/α,β-unsaturated/α-hetero) is 1. The third-order valence-electron chi connectivity index (χ3n) is 1.54. The van der Waals surface area contributed by atoms with E-state index in [4.69, 9.17) is 16.9 Å².